The third kappa shape index (κ3) is 2.12. The molecule has 1 nitrogen and oxygen atoms in total. The second kappa shape index (κ2) is 6.68. The number of anilines is 1. The van der Waals surface area contributed by atoms with Crippen LogP contribution >= 0.6 is 22.6 Å². The van der Waals surface area contributed by atoms with Crippen molar-refractivity contribution in [2.45, 2.75) is 23.7 Å². The van der Waals surface area contributed by atoms with Crippen LogP contribution in [0.15, 0.2) is 97.1 Å². The maximum Gasteiger partial charge on any atom is 0.0405 e. The molecule has 5 aromatic rings. The van der Waals surface area contributed by atoms with Gasteiger partial charge in [0.05, 0.1) is 0 Å². The summed E-state index contributed by atoms with van der Waals surface area (Å²) >= 11 is 2.68. The summed E-state index contributed by atoms with van der Waals surface area (Å²) in [5.41, 5.74) is 25.6. The smallest absolute Gasteiger partial charge is 0.0405 e. The van der Waals surface area contributed by atoms with Gasteiger partial charge in [0.2, 0.25) is 0 Å². The van der Waals surface area contributed by atoms with Gasteiger partial charge in [0.1, 0.15) is 0 Å². The Morgan fingerprint density at radius 3 is 0.861 bits per heavy atom. The van der Waals surface area contributed by atoms with Gasteiger partial charge >= 0.3 is 0 Å². The molecule has 0 heterocycles. The standard InChI is InChI=1S/C34H22IN/c35-33-29-25-17-9-1-5-13-21(17)27(22-14-6-2-10-18(22)25)31(29)34(36)32-28-23-15-7-3-11-19(23)26(30(32)33)20-12-4-8-16-24(20)28/h1-16,25-28H,36H2. The van der Waals surface area contributed by atoms with Gasteiger partial charge in [-0.15, -0.1) is 0 Å². The number of rotatable bonds is 0. The van der Waals surface area contributed by atoms with Gasteiger partial charge in [-0.3, -0.25) is 0 Å². The molecule has 0 aromatic heterocycles. The molecule has 2 N–H and O–H groups in total. The first kappa shape index (κ1) is 19.8. The zero-order valence-electron chi connectivity index (χ0n) is 19.5. The van der Waals surface area contributed by atoms with E-state index in [1.807, 2.05) is 0 Å². The molecular weight excluding hydrogens is 549 g/mol. The lowest BCUT2D eigenvalue weighted by atomic mass is 9.56. The van der Waals surface area contributed by atoms with Crippen molar-refractivity contribution in [3.8, 4) is 0 Å². The van der Waals surface area contributed by atoms with Crippen molar-refractivity contribution in [1.29, 1.82) is 0 Å². The van der Waals surface area contributed by atoms with E-state index in [4.69, 9.17) is 5.73 Å². The summed E-state index contributed by atoms with van der Waals surface area (Å²) in [5.74, 6) is 0.870. The molecule has 0 spiro atoms. The van der Waals surface area contributed by atoms with Crippen molar-refractivity contribution in [2.75, 3.05) is 5.73 Å². The highest BCUT2D eigenvalue weighted by Crippen LogP contribution is 2.64. The average Bonchev–Trinajstić information content (AvgIpc) is 2.95. The fourth-order valence-electron chi connectivity index (χ4n) is 8.06. The van der Waals surface area contributed by atoms with Crippen LogP contribution in [0.3, 0.4) is 0 Å². The number of benzene rings is 5. The summed E-state index contributed by atoms with van der Waals surface area (Å²) in [4.78, 5) is 0. The van der Waals surface area contributed by atoms with E-state index in [1.165, 1.54) is 70.3 Å². The monoisotopic (exact) mass is 571 g/mol. The summed E-state index contributed by atoms with van der Waals surface area (Å²) in [7, 11) is 0. The van der Waals surface area contributed by atoms with Gasteiger partial charge in [0, 0.05) is 32.9 Å². The van der Waals surface area contributed by atoms with Gasteiger partial charge < -0.3 is 5.73 Å². The zero-order valence-corrected chi connectivity index (χ0v) is 21.7. The van der Waals surface area contributed by atoms with Crippen molar-refractivity contribution >= 4 is 28.3 Å². The fraction of sp³-hybridized carbons (Fsp3) is 0.118. The van der Waals surface area contributed by atoms with Crippen molar-refractivity contribution in [2.24, 2.45) is 0 Å². The molecule has 36 heavy (non-hydrogen) atoms. The second-order valence-corrected chi connectivity index (χ2v) is 11.7. The van der Waals surface area contributed by atoms with Crippen LogP contribution in [0.1, 0.15) is 90.4 Å². The number of nitrogens with two attached hydrogens (primary N) is 1. The number of nitrogen functional groups attached to an aromatic ring is 1. The van der Waals surface area contributed by atoms with Crippen LogP contribution in [0, 0.1) is 3.57 Å². The Kier molecular flexibility index (Phi) is 3.67. The Bertz CT molecular complexity index is 1450. The summed E-state index contributed by atoms with van der Waals surface area (Å²) in [6, 6.07) is 36.2. The maximum atomic E-state index is 7.39. The quantitative estimate of drug-likeness (QED) is 0.146. The summed E-state index contributed by atoms with van der Waals surface area (Å²) in [6.07, 6.45) is 0. The molecule has 11 rings (SSSR count). The molecule has 6 aliphatic carbocycles. The molecule has 2 heteroatoms. The molecule has 0 saturated carbocycles. The first-order chi connectivity index (χ1) is 17.8. The molecule has 5 aromatic carbocycles. The third-order valence-corrected chi connectivity index (χ3v) is 10.4. The van der Waals surface area contributed by atoms with E-state index in [2.05, 4.69) is 120 Å². The van der Waals surface area contributed by atoms with Crippen LogP contribution in [0.2, 0.25) is 0 Å². The lowest BCUT2D eigenvalue weighted by molar-refractivity contribution is 0.713. The van der Waals surface area contributed by atoms with E-state index in [0.29, 0.717) is 0 Å². The largest absolute Gasteiger partial charge is 0.398 e. The summed E-state index contributed by atoms with van der Waals surface area (Å²) in [6.45, 7) is 0. The first-order valence-electron chi connectivity index (χ1n) is 12.8. The minimum Gasteiger partial charge on any atom is -0.398 e. The molecular formula is C34H22IN. The number of halogens is 1. The minimum absolute atomic E-state index is 0.196. The van der Waals surface area contributed by atoms with Gasteiger partial charge in [-0.05, 0) is 89.4 Å². The second-order valence-electron chi connectivity index (χ2n) is 10.6. The first-order valence-corrected chi connectivity index (χ1v) is 13.8. The van der Waals surface area contributed by atoms with E-state index in [9.17, 15) is 0 Å². The SMILES string of the molecule is Nc1c2c(c(I)c3c1C1c4ccccc4C3c3ccccc31)C1c3ccccc3C2c2ccccc21. The van der Waals surface area contributed by atoms with Gasteiger partial charge in [-0.2, -0.15) is 0 Å². The molecule has 4 bridgehead atoms. The Balaban J connectivity index is 1.43. The lowest BCUT2D eigenvalue weighted by Crippen LogP contribution is -2.35. The predicted molar refractivity (Wildman–Crippen MR) is 153 cm³/mol. The van der Waals surface area contributed by atoms with Crippen molar-refractivity contribution in [1.82, 2.24) is 0 Å². The van der Waals surface area contributed by atoms with Crippen LogP contribution in [-0.4, -0.2) is 0 Å². The van der Waals surface area contributed by atoms with Crippen molar-refractivity contribution < 1.29 is 0 Å². The molecule has 0 atom stereocenters. The van der Waals surface area contributed by atoms with Gasteiger partial charge in [0.25, 0.3) is 0 Å². The number of hydrogen-bond donors (Lipinski definition) is 1. The Hall–Kier alpha value is -3.37. The van der Waals surface area contributed by atoms with E-state index >= 15 is 0 Å². The van der Waals surface area contributed by atoms with E-state index in [-0.39, 0.29) is 23.7 Å². The minimum atomic E-state index is 0.196. The summed E-state index contributed by atoms with van der Waals surface area (Å²) in [5, 5.41) is 0. The Morgan fingerprint density at radius 1 is 0.389 bits per heavy atom. The van der Waals surface area contributed by atoms with Gasteiger partial charge in [-0.1, -0.05) is 97.1 Å². The highest BCUT2D eigenvalue weighted by atomic mass is 127. The van der Waals surface area contributed by atoms with E-state index < -0.39 is 0 Å². The average molecular weight is 571 g/mol. The predicted octanol–water partition coefficient (Wildman–Crippen LogP) is 7.85. The van der Waals surface area contributed by atoms with Gasteiger partial charge in [0.15, 0.2) is 0 Å². The molecule has 6 aliphatic rings. The highest BCUT2D eigenvalue weighted by molar-refractivity contribution is 14.1. The Labute approximate surface area is 224 Å². The molecule has 0 unspecified atom stereocenters. The van der Waals surface area contributed by atoms with Crippen LogP contribution < -0.4 is 5.73 Å². The van der Waals surface area contributed by atoms with E-state index in [0.717, 1.165) is 5.69 Å². The zero-order chi connectivity index (χ0) is 23.7. The third-order valence-electron chi connectivity index (χ3n) is 9.26. The molecule has 0 radical (unpaired) electrons. The maximum absolute atomic E-state index is 7.39. The van der Waals surface area contributed by atoms with Crippen molar-refractivity contribution in [3.05, 3.63) is 167 Å². The fourth-order valence-corrected chi connectivity index (χ4v) is 9.27. The Morgan fingerprint density at radius 2 is 0.611 bits per heavy atom. The van der Waals surface area contributed by atoms with Crippen molar-refractivity contribution in [3.63, 3.8) is 0 Å². The summed E-state index contributed by atoms with van der Waals surface area (Å²) < 4.78 is 1.42. The van der Waals surface area contributed by atoms with Crippen LogP contribution in [0.4, 0.5) is 5.69 Å². The molecule has 0 amide bonds. The van der Waals surface area contributed by atoms with Gasteiger partial charge in [-0.25, -0.2) is 0 Å². The van der Waals surface area contributed by atoms with Crippen LogP contribution in [-0.2, 0) is 0 Å². The number of hydrogen-bond acceptors (Lipinski definition) is 1. The highest BCUT2D eigenvalue weighted by Gasteiger charge is 2.49. The lowest BCUT2D eigenvalue weighted by Gasteiger charge is -2.48. The topological polar surface area (TPSA) is 26.0 Å². The molecule has 0 fully saturated rings. The van der Waals surface area contributed by atoms with Crippen LogP contribution in [0.5, 0.6) is 0 Å². The normalized spacial score (nSPS) is 22.7. The molecule has 0 saturated heterocycles. The van der Waals surface area contributed by atoms with E-state index in [1.54, 1.807) is 0 Å². The van der Waals surface area contributed by atoms with Crippen LogP contribution in [0.25, 0.3) is 0 Å². The molecule has 170 valence electrons. The molecule has 0 aliphatic heterocycles.